The van der Waals surface area contributed by atoms with Crippen LogP contribution in [-0.4, -0.2) is 11.1 Å². The number of benzene rings is 2. The second-order valence-electron chi connectivity index (χ2n) is 4.57. The van der Waals surface area contributed by atoms with Crippen LogP contribution in [0.5, 0.6) is 0 Å². The Morgan fingerprint density at radius 2 is 2.00 bits per heavy atom. The smallest absolute Gasteiger partial charge is 0.311 e. The van der Waals surface area contributed by atoms with Gasteiger partial charge in [0.1, 0.15) is 0 Å². The van der Waals surface area contributed by atoms with Crippen LogP contribution in [0, 0.1) is 11.3 Å². The molecule has 0 saturated heterocycles. The monoisotopic (exact) mass is 319 g/mol. The van der Waals surface area contributed by atoms with Crippen LogP contribution in [0.2, 0.25) is 10.0 Å². The molecule has 0 aliphatic carbocycles. The number of halogens is 2. The molecule has 0 aromatic heterocycles. The molecule has 5 heteroatoms. The van der Waals surface area contributed by atoms with Gasteiger partial charge in [-0.15, -0.1) is 0 Å². The Kier molecular flexibility index (Phi) is 4.85. The molecule has 2 rings (SSSR count). The van der Waals surface area contributed by atoms with E-state index in [0.717, 1.165) is 5.56 Å². The van der Waals surface area contributed by atoms with Crippen molar-refractivity contribution in [2.24, 2.45) is 0 Å². The molecule has 0 saturated carbocycles. The van der Waals surface area contributed by atoms with Crippen molar-refractivity contribution in [3.8, 4) is 6.07 Å². The van der Waals surface area contributed by atoms with Gasteiger partial charge >= 0.3 is 5.97 Å². The quantitative estimate of drug-likeness (QED) is 0.915. The Bertz CT molecular complexity index is 722. The zero-order valence-corrected chi connectivity index (χ0v) is 12.4. The average Bonchev–Trinajstić information content (AvgIpc) is 2.45. The van der Waals surface area contributed by atoms with Gasteiger partial charge in [0.2, 0.25) is 0 Å². The van der Waals surface area contributed by atoms with Crippen LogP contribution in [0.4, 0.5) is 0 Å². The highest BCUT2D eigenvalue weighted by molar-refractivity contribution is 6.35. The zero-order valence-electron chi connectivity index (χ0n) is 10.9. The molecule has 0 aliphatic rings. The van der Waals surface area contributed by atoms with Crippen molar-refractivity contribution in [1.29, 1.82) is 5.26 Å². The minimum absolute atomic E-state index is 0.256. The Morgan fingerprint density at radius 3 is 2.62 bits per heavy atom. The first-order valence-corrected chi connectivity index (χ1v) is 6.93. The van der Waals surface area contributed by atoms with Gasteiger partial charge in [0.15, 0.2) is 0 Å². The summed E-state index contributed by atoms with van der Waals surface area (Å²) in [5.74, 6) is -1.76. The maximum absolute atomic E-state index is 11.5. The summed E-state index contributed by atoms with van der Waals surface area (Å²) >= 11 is 11.9. The number of carbonyl (C=O) groups is 1. The van der Waals surface area contributed by atoms with Gasteiger partial charge < -0.3 is 5.11 Å². The van der Waals surface area contributed by atoms with Crippen molar-refractivity contribution >= 4 is 29.2 Å². The summed E-state index contributed by atoms with van der Waals surface area (Å²) in [6.07, 6.45) is 0.256. The fourth-order valence-corrected chi connectivity index (χ4v) is 2.66. The van der Waals surface area contributed by atoms with Crippen molar-refractivity contribution in [3.05, 3.63) is 69.2 Å². The van der Waals surface area contributed by atoms with Crippen LogP contribution in [0.1, 0.15) is 22.6 Å². The molecule has 0 bridgehead atoms. The van der Waals surface area contributed by atoms with E-state index in [0.29, 0.717) is 21.2 Å². The lowest BCUT2D eigenvalue weighted by atomic mass is 9.91. The van der Waals surface area contributed by atoms with Gasteiger partial charge in [-0.1, -0.05) is 41.4 Å². The van der Waals surface area contributed by atoms with Crippen LogP contribution in [0.15, 0.2) is 42.5 Å². The molecule has 106 valence electrons. The normalized spacial score (nSPS) is 11.7. The fourth-order valence-electron chi connectivity index (χ4n) is 2.12. The van der Waals surface area contributed by atoms with Gasteiger partial charge in [0.25, 0.3) is 0 Å². The maximum Gasteiger partial charge on any atom is 0.311 e. The van der Waals surface area contributed by atoms with Crippen LogP contribution in [0.25, 0.3) is 0 Å². The molecule has 0 aliphatic heterocycles. The number of hydrogen-bond acceptors (Lipinski definition) is 2. The lowest BCUT2D eigenvalue weighted by molar-refractivity contribution is -0.138. The third-order valence-electron chi connectivity index (χ3n) is 3.13. The summed E-state index contributed by atoms with van der Waals surface area (Å²) in [5, 5.41) is 19.1. The molecule has 0 radical (unpaired) electrons. The SMILES string of the molecule is N#Cc1cccc(CC(C(=O)O)c2ccc(Cl)cc2Cl)c1. The summed E-state index contributed by atoms with van der Waals surface area (Å²) in [7, 11) is 0. The van der Waals surface area contributed by atoms with E-state index in [9.17, 15) is 9.90 Å². The van der Waals surface area contributed by atoms with Gasteiger partial charge in [0.05, 0.1) is 17.6 Å². The van der Waals surface area contributed by atoms with E-state index in [1.54, 1.807) is 36.4 Å². The number of nitrogens with zero attached hydrogens (tertiary/aromatic N) is 1. The molecule has 21 heavy (non-hydrogen) atoms. The first-order valence-electron chi connectivity index (χ1n) is 6.18. The Morgan fingerprint density at radius 1 is 1.24 bits per heavy atom. The molecule has 3 nitrogen and oxygen atoms in total. The number of carboxylic acids is 1. The number of rotatable bonds is 4. The van der Waals surface area contributed by atoms with E-state index < -0.39 is 11.9 Å². The number of aliphatic carboxylic acids is 1. The standard InChI is InChI=1S/C16H11Cl2NO2/c17-12-4-5-13(15(18)8-12)14(16(20)21)7-10-2-1-3-11(6-10)9-19/h1-6,8,14H,7H2,(H,20,21). The summed E-state index contributed by atoms with van der Waals surface area (Å²) in [6.45, 7) is 0. The van der Waals surface area contributed by atoms with Crippen molar-refractivity contribution in [2.45, 2.75) is 12.3 Å². The van der Waals surface area contributed by atoms with Crippen molar-refractivity contribution < 1.29 is 9.90 Å². The van der Waals surface area contributed by atoms with E-state index >= 15 is 0 Å². The second kappa shape index (κ2) is 6.62. The molecule has 0 amide bonds. The molecule has 1 unspecified atom stereocenters. The van der Waals surface area contributed by atoms with E-state index in [-0.39, 0.29) is 6.42 Å². The van der Waals surface area contributed by atoms with E-state index in [4.69, 9.17) is 28.5 Å². The lowest BCUT2D eigenvalue weighted by Gasteiger charge is -2.15. The van der Waals surface area contributed by atoms with Crippen LogP contribution >= 0.6 is 23.2 Å². The Balaban J connectivity index is 2.36. The lowest BCUT2D eigenvalue weighted by Crippen LogP contribution is -2.15. The molecule has 0 spiro atoms. The van der Waals surface area contributed by atoms with E-state index in [2.05, 4.69) is 0 Å². The molecular weight excluding hydrogens is 309 g/mol. The highest BCUT2D eigenvalue weighted by atomic mass is 35.5. The van der Waals surface area contributed by atoms with E-state index in [1.807, 2.05) is 6.07 Å². The Labute approximate surface area is 132 Å². The topological polar surface area (TPSA) is 61.1 Å². The van der Waals surface area contributed by atoms with Crippen LogP contribution in [-0.2, 0) is 11.2 Å². The van der Waals surface area contributed by atoms with Gasteiger partial charge in [-0.2, -0.15) is 5.26 Å². The average molecular weight is 320 g/mol. The second-order valence-corrected chi connectivity index (χ2v) is 5.42. The van der Waals surface area contributed by atoms with Crippen molar-refractivity contribution in [3.63, 3.8) is 0 Å². The highest BCUT2D eigenvalue weighted by Gasteiger charge is 2.23. The largest absolute Gasteiger partial charge is 0.481 e. The predicted molar refractivity (Wildman–Crippen MR) is 81.7 cm³/mol. The minimum atomic E-state index is -0.971. The number of hydrogen-bond donors (Lipinski definition) is 1. The third-order valence-corrected chi connectivity index (χ3v) is 3.69. The molecule has 1 N–H and O–H groups in total. The molecule has 1 atom stereocenters. The summed E-state index contributed by atoms with van der Waals surface area (Å²) in [5.41, 5.74) is 1.78. The summed E-state index contributed by atoms with van der Waals surface area (Å²) in [6, 6.07) is 13.7. The van der Waals surface area contributed by atoms with Gasteiger partial charge in [-0.25, -0.2) is 0 Å². The van der Waals surface area contributed by atoms with Gasteiger partial charge in [-0.3, -0.25) is 4.79 Å². The van der Waals surface area contributed by atoms with Crippen molar-refractivity contribution in [1.82, 2.24) is 0 Å². The third kappa shape index (κ3) is 3.75. The van der Waals surface area contributed by atoms with Crippen molar-refractivity contribution in [2.75, 3.05) is 0 Å². The van der Waals surface area contributed by atoms with Crippen LogP contribution < -0.4 is 0 Å². The molecule has 2 aromatic rings. The summed E-state index contributed by atoms with van der Waals surface area (Å²) < 4.78 is 0. The minimum Gasteiger partial charge on any atom is -0.481 e. The predicted octanol–water partition coefficient (Wildman–Crippen LogP) is 4.28. The Hall–Kier alpha value is -2.02. The molecule has 0 heterocycles. The number of carboxylic acid groups (broad SMARTS) is 1. The van der Waals surface area contributed by atoms with Gasteiger partial charge in [-0.05, 0) is 41.8 Å². The maximum atomic E-state index is 11.5. The zero-order chi connectivity index (χ0) is 15.4. The number of nitriles is 1. The molecule has 0 fully saturated rings. The highest BCUT2D eigenvalue weighted by Crippen LogP contribution is 2.30. The first-order chi connectivity index (χ1) is 10.0. The van der Waals surface area contributed by atoms with Gasteiger partial charge in [0, 0.05) is 10.0 Å². The molecular formula is C16H11Cl2NO2. The summed E-state index contributed by atoms with van der Waals surface area (Å²) in [4.78, 5) is 11.5. The fraction of sp³-hybridized carbons (Fsp3) is 0.125. The molecule has 2 aromatic carbocycles. The first kappa shape index (κ1) is 15.4. The van der Waals surface area contributed by atoms with Crippen LogP contribution in [0.3, 0.4) is 0 Å². The van der Waals surface area contributed by atoms with E-state index in [1.165, 1.54) is 6.07 Å².